The van der Waals surface area contributed by atoms with Crippen LogP contribution in [0.2, 0.25) is 0 Å². The zero-order valence-electron chi connectivity index (χ0n) is 22.3. The molecular weight excluding hydrogens is 474 g/mol. The van der Waals surface area contributed by atoms with Gasteiger partial charge in [-0.3, -0.25) is 9.59 Å². The van der Waals surface area contributed by atoms with Crippen LogP contribution in [0.3, 0.4) is 0 Å². The molecule has 0 radical (unpaired) electrons. The molecule has 4 aromatic carbocycles. The number of carboxylic acids is 1. The predicted molar refractivity (Wildman–Crippen MR) is 150 cm³/mol. The van der Waals surface area contributed by atoms with Crippen LogP contribution in [0.25, 0.3) is 11.1 Å². The Hall–Kier alpha value is -4.38. The average molecular weight is 509 g/mol. The fourth-order valence-corrected chi connectivity index (χ4v) is 4.18. The van der Waals surface area contributed by atoms with Crippen LogP contribution in [0.5, 0.6) is 5.75 Å². The van der Waals surface area contributed by atoms with E-state index < -0.39 is 12.5 Å². The van der Waals surface area contributed by atoms with Crippen molar-refractivity contribution in [2.24, 2.45) is 0 Å². The number of carbonyl (C=O) groups excluding carboxylic acids is 1. The zero-order valence-corrected chi connectivity index (χ0v) is 21.3. The molecule has 4 aromatic rings. The average Bonchev–Trinajstić information content (AvgIpc) is 2.98. The lowest BCUT2D eigenvalue weighted by molar-refractivity contribution is -0.137. The van der Waals surface area contributed by atoms with Gasteiger partial charge in [0.1, 0.15) is 5.75 Å². The van der Waals surface area contributed by atoms with Crippen LogP contribution in [-0.2, 0) is 17.9 Å². The minimum absolute atomic E-state index is 0.147. The van der Waals surface area contributed by atoms with Crippen molar-refractivity contribution in [2.45, 2.75) is 38.7 Å². The zero-order chi connectivity index (χ0) is 27.5. The van der Waals surface area contributed by atoms with E-state index in [9.17, 15) is 11.0 Å². The number of para-hydroxylation sites is 1. The third kappa shape index (κ3) is 7.81. The van der Waals surface area contributed by atoms with Gasteiger partial charge >= 0.3 is 5.97 Å². The lowest BCUT2D eigenvalue weighted by Gasteiger charge is -2.24. The molecule has 0 aliphatic heterocycles. The Kier molecular flexibility index (Phi) is 9.18. The number of amides is 1. The molecular formula is C33H33NO4. The number of ether oxygens (including phenoxy) is 1. The third-order valence-corrected chi connectivity index (χ3v) is 6.20. The van der Waals surface area contributed by atoms with Crippen molar-refractivity contribution in [3.8, 4) is 16.9 Å². The molecule has 4 rings (SSSR count). The highest BCUT2D eigenvalue weighted by molar-refractivity contribution is 5.94. The highest BCUT2D eigenvalue weighted by Crippen LogP contribution is 2.24. The van der Waals surface area contributed by atoms with Crippen molar-refractivity contribution in [1.29, 1.82) is 0 Å². The Morgan fingerprint density at radius 3 is 2.08 bits per heavy atom. The number of aliphatic carboxylic acids is 1. The summed E-state index contributed by atoms with van der Waals surface area (Å²) in [6.45, 7) is -0.302. The summed E-state index contributed by atoms with van der Waals surface area (Å²) in [7, 11) is 0. The first-order valence-electron chi connectivity index (χ1n) is 13.5. The number of unbranched alkanes of at least 4 members (excludes halogenated alkanes) is 2. The fraction of sp³-hybridized carbons (Fsp3) is 0.212. The van der Waals surface area contributed by atoms with Crippen molar-refractivity contribution in [2.75, 3.05) is 6.61 Å². The molecule has 5 heteroatoms. The highest BCUT2D eigenvalue weighted by Gasteiger charge is 2.19. The summed E-state index contributed by atoms with van der Waals surface area (Å²) < 4.78 is 15.2. The molecule has 0 saturated heterocycles. The fourth-order valence-electron chi connectivity index (χ4n) is 4.18. The Morgan fingerprint density at radius 1 is 0.737 bits per heavy atom. The highest BCUT2D eigenvalue weighted by atomic mass is 16.5. The molecule has 1 N–H and O–H groups in total. The van der Waals surface area contributed by atoms with E-state index in [4.69, 9.17) is 9.84 Å². The van der Waals surface area contributed by atoms with Crippen molar-refractivity contribution in [3.05, 3.63) is 126 Å². The van der Waals surface area contributed by atoms with Gasteiger partial charge < -0.3 is 14.7 Å². The maximum Gasteiger partial charge on any atom is 0.303 e. The number of nitrogens with zero attached hydrogens (tertiary/aromatic N) is 1. The van der Waals surface area contributed by atoms with Gasteiger partial charge in [-0.25, -0.2) is 0 Å². The van der Waals surface area contributed by atoms with Gasteiger partial charge in [0.25, 0.3) is 5.91 Å². The van der Waals surface area contributed by atoms with Crippen LogP contribution < -0.4 is 4.74 Å². The molecule has 0 aliphatic rings. The monoisotopic (exact) mass is 508 g/mol. The summed E-state index contributed by atoms with van der Waals surface area (Å²) in [5.41, 5.74) is 4.14. The molecule has 0 bridgehead atoms. The summed E-state index contributed by atoms with van der Waals surface area (Å²) in [6, 6.07) is 34.5. The van der Waals surface area contributed by atoms with Gasteiger partial charge in [0.2, 0.25) is 0 Å². The van der Waals surface area contributed by atoms with E-state index in [0.29, 0.717) is 36.3 Å². The first-order valence-corrected chi connectivity index (χ1v) is 12.9. The van der Waals surface area contributed by atoms with Crippen LogP contribution in [0.15, 0.2) is 109 Å². The lowest BCUT2D eigenvalue weighted by Crippen LogP contribution is -2.30. The smallest absolute Gasteiger partial charge is 0.303 e. The topological polar surface area (TPSA) is 66.8 Å². The summed E-state index contributed by atoms with van der Waals surface area (Å²) in [6.07, 6.45) is 2.21. The Morgan fingerprint density at radius 2 is 1.37 bits per heavy atom. The van der Waals surface area contributed by atoms with Gasteiger partial charge in [-0.15, -0.1) is 0 Å². The van der Waals surface area contributed by atoms with Crippen molar-refractivity contribution in [1.82, 2.24) is 4.90 Å². The number of rotatable bonds is 13. The molecule has 0 fully saturated rings. The molecule has 1 unspecified atom stereocenters. The number of hydrogen-bond donors (Lipinski definition) is 1. The molecule has 0 aliphatic carbocycles. The summed E-state index contributed by atoms with van der Waals surface area (Å²) in [5, 5.41) is 8.81. The van der Waals surface area contributed by atoms with E-state index in [2.05, 4.69) is 0 Å². The minimum Gasteiger partial charge on any atom is -0.493 e. The molecule has 0 saturated carbocycles. The number of hydrogen-bond acceptors (Lipinski definition) is 3. The van der Waals surface area contributed by atoms with Gasteiger partial charge in [-0.1, -0.05) is 91.0 Å². The molecule has 1 atom stereocenters. The maximum atomic E-state index is 13.8. The van der Waals surface area contributed by atoms with Crippen molar-refractivity contribution in [3.63, 3.8) is 0 Å². The van der Waals surface area contributed by atoms with Gasteiger partial charge in [-0.05, 0) is 54.2 Å². The molecule has 0 heterocycles. The Balaban J connectivity index is 1.54. The molecule has 0 spiro atoms. The number of carbonyl (C=O) groups is 2. The van der Waals surface area contributed by atoms with Gasteiger partial charge in [-0.2, -0.15) is 0 Å². The summed E-state index contributed by atoms with van der Waals surface area (Å²) in [5.74, 6) is -0.473. The molecule has 1 amide bonds. The Bertz CT molecular complexity index is 1340. The summed E-state index contributed by atoms with van der Waals surface area (Å²) >= 11 is 0. The second-order valence-corrected chi connectivity index (χ2v) is 9.08. The molecule has 194 valence electrons. The van der Waals surface area contributed by atoms with E-state index in [-0.39, 0.29) is 18.9 Å². The first kappa shape index (κ1) is 25.3. The standard InChI is InChI=1S/C33H33NO4/c35-32(36)18-8-3-11-23-38-31-17-10-9-16-30(31)25-34(24-26-12-4-1-5-13-26)33(37)29-21-19-28(20-22-29)27-14-6-2-7-15-27/h1-2,4-7,9-10,12-17,19-22H,3,8,11,18,23-25H2,(H,35,36)/i25D. The largest absolute Gasteiger partial charge is 0.493 e. The SMILES string of the molecule is [2H]C(c1ccccc1OCCCCCC(=O)O)N(Cc1ccccc1)C(=O)c1ccc(-c2ccccc2)cc1. The van der Waals surface area contributed by atoms with E-state index in [1.807, 2.05) is 109 Å². The molecule has 0 aromatic heterocycles. The predicted octanol–water partition coefficient (Wildman–Crippen LogP) is 7.22. The van der Waals surface area contributed by atoms with E-state index in [1.165, 1.54) is 0 Å². The second kappa shape index (κ2) is 13.8. The Labute approximate surface area is 225 Å². The first-order chi connectivity index (χ1) is 19.0. The quantitative estimate of drug-likeness (QED) is 0.194. The van der Waals surface area contributed by atoms with Crippen molar-refractivity contribution >= 4 is 11.9 Å². The third-order valence-electron chi connectivity index (χ3n) is 6.20. The van der Waals surface area contributed by atoms with Crippen LogP contribution in [-0.4, -0.2) is 28.5 Å². The molecule has 5 nitrogen and oxygen atoms in total. The number of carboxylic acid groups (broad SMARTS) is 1. The molecule has 38 heavy (non-hydrogen) atoms. The van der Waals surface area contributed by atoms with Gasteiger partial charge in [0.05, 0.1) is 7.98 Å². The second-order valence-electron chi connectivity index (χ2n) is 9.08. The normalized spacial score (nSPS) is 11.8. The lowest BCUT2D eigenvalue weighted by atomic mass is 10.0. The van der Waals surface area contributed by atoms with Crippen LogP contribution in [0, 0.1) is 0 Å². The van der Waals surface area contributed by atoms with Crippen LogP contribution in [0.1, 0.15) is 48.5 Å². The van der Waals surface area contributed by atoms with Crippen LogP contribution >= 0.6 is 0 Å². The maximum absolute atomic E-state index is 13.8. The van der Waals surface area contributed by atoms with E-state index in [1.54, 1.807) is 4.90 Å². The summed E-state index contributed by atoms with van der Waals surface area (Å²) in [4.78, 5) is 26.1. The van der Waals surface area contributed by atoms with Crippen LogP contribution in [0.4, 0.5) is 0 Å². The minimum atomic E-state index is -0.991. The van der Waals surface area contributed by atoms with E-state index in [0.717, 1.165) is 23.1 Å². The van der Waals surface area contributed by atoms with Crippen molar-refractivity contribution < 1.29 is 20.8 Å². The van der Waals surface area contributed by atoms with Gasteiger partial charge in [0.15, 0.2) is 0 Å². The van der Waals surface area contributed by atoms with E-state index >= 15 is 0 Å². The number of benzene rings is 4. The van der Waals surface area contributed by atoms with Gasteiger partial charge in [0, 0.05) is 30.6 Å².